The maximum atomic E-state index is 12.9. The second kappa shape index (κ2) is 5.61. The Morgan fingerprint density at radius 3 is 2.43 bits per heavy atom. The number of Topliss-reactive ketones (excluding diaryl/α,β-unsaturated/α-hetero) is 1. The summed E-state index contributed by atoms with van der Waals surface area (Å²) < 4.78 is 11.5. The van der Waals surface area contributed by atoms with Crippen LogP contribution in [0.2, 0.25) is 0 Å². The summed E-state index contributed by atoms with van der Waals surface area (Å²) >= 11 is 0. The quantitative estimate of drug-likeness (QED) is 0.645. The molecule has 0 saturated heterocycles. The van der Waals surface area contributed by atoms with Gasteiger partial charge in [-0.25, -0.2) is 0 Å². The van der Waals surface area contributed by atoms with Gasteiger partial charge in [0.15, 0.2) is 11.9 Å². The van der Waals surface area contributed by atoms with Gasteiger partial charge in [0.25, 0.3) is 0 Å². The highest BCUT2D eigenvalue weighted by atomic mass is 16.5. The standard InChI is InChI=1S/C20H14O3/c21-19-16-10-4-5-11-18(16)23-20(14-7-2-1-3-8-14)17(19)13-15-9-6-12-22-15/h1-13,20H/b17-13+/t20-/m0/s1. The molecule has 0 N–H and O–H groups in total. The molecule has 3 heteroatoms. The number of benzene rings is 2. The first kappa shape index (κ1) is 13.6. The Morgan fingerprint density at radius 1 is 0.870 bits per heavy atom. The fourth-order valence-electron chi connectivity index (χ4n) is 2.77. The molecule has 23 heavy (non-hydrogen) atoms. The minimum Gasteiger partial charge on any atom is -0.480 e. The maximum Gasteiger partial charge on any atom is 0.196 e. The van der Waals surface area contributed by atoms with Gasteiger partial charge in [-0.05, 0) is 35.9 Å². The molecule has 4 rings (SSSR count). The number of ketones is 1. The molecule has 0 fully saturated rings. The van der Waals surface area contributed by atoms with E-state index in [9.17, 15) is 4.79 Å². The van der Waals surface area contributed by atoms with Crippen molar-refractivity contribution in [3.8, 4) is 5.75 Å². The molecule has 0 bridgehead atoms. The van der Waals surface area contributed by atoms with Crippen LogP contribution in [-0.4, -0.2) is 5.78 Å². The first-order valence-corrected chi connectivity index (χ1v) is 7.43. The zero-order valence-corrected chi connectivity index (χ0v) is 12.3. The van der Waals surface area contributed by atoms with Crippen molar-refractivity contribution >= 4 is 11.9 Å². The van der Waals surface area contributed by atoms with Crippen molar-refractivity contribution in [1.29, 1.82) is 0 Å². The van der Waals surface area contributed by atoms with E-state index >= 15 is 0 Å². The van der Waals surface area contributed by atoms with E-state index in [0.717, 1.165) is 5.56 Å². The third-order valence-electron chi connectivity index (χ3n) is 3.86. The molecule has 1 aliphatic rings. The van der Waals surface area contributed by atoms with Crippen LogP contribution in [0.5, 0.6) is 5.75 Å². The molecule has 2 aromatic carbocycles. The van der Waals surface area contributed by atoms with Crippen LogP contribution in [0.25, 0.3) is 6.08 Å². The zero-order valence-electron chi connectivity index (χ0n) is 12.3. The summed E-state index contributed by atoms with van der Waals surface area (Å²) in [5, 5.41) is 0. The molecule has 1 aliphatic heterocycles. The van der Waals surface area contributed by atoms with Gasteiger partial charge in [-0.15, -0.1) is 0 Å². The van der Waals surface area contributed by atoms with Crippen molar-refractivity contribution in [1.82, 2.24) is 0 Å². The number of carbonyl (C=O) groups is 1. The number of fused-ring (bicyclic) bond motifs is 1. The van der Waals surface area contributed by atoms with Crippen LogP contribution in [0.15, 0.2) is 83.0 Å². The molecule has 0 unspecified atom stereocenters. The van der Waals surface area contributed by atoms with Gasteiger partial charge in [0, 0.05) is 5.57 Å². The Kier molecular flexibility index (Phi) is 3.31. The van der Waals surface area contributed by atoms with Crippen molar-refractivity contribution in [2.24, 2.45) is 0 Å². The highest BCUT2D eigenvalue weighted by Gasteiger charge is 2.32. The Labute approximate surface area is 133 Å². The number of carbonyl (C=O) groups excluding carboxylic acids is 1. The molecule has 0 aliphatic carbocycles. The zero-order chi connectivity index (χ0) is 15.6. The molecule has 1 atom stereocenters. The van der Waals surface area contributed by atoms with E-state index in [4.69, 9.17) is 9.15 Å². The smallest absolute Gasteiger partial charge is 0.196 e. The predicted molar refractivity (Wildman–Crippen MR) is 87.3 cm³/mol. The monoisotopic (exact) mass is 302 g/mol. The minimum atomic E-state index is -0.441. The Morgan fingerprint density at radius 2 is 1.65 bits per heavy atom. The Hall–Kier alpha value is -3.07. The highest BCUT2D eigenvalue weighted by Crippen LogP contribution is 2.39. The molecule has 0 amide bonds. The summed E-state index contributed by atoms with van der Waals surface area (Å²) in [6, 6.07) is 20.7. The van der Waals surface area contributed by atoms with E-state index in [2.05, 4.69) is 0 Å². The first-order valence-electron chi connectivity index (χ1n) is 7.43. The second-order valence-corrected chi connectivity index (χ2v) is 5.35. The summed E-state index contributed by atoms with van der Waals surface area (Å²) in [5.41, 5.74) is 2.09. The fourth-order valence-corrected chi connectivity index (χ4v) is 2.77. The van der Waals surface area contributed by atoms with E-state index in [1.807, 2.05) is 54.6 Å². The molecule has 0 spiro atoms. The number of furan rings is 1. The van der Waals surface area contributed by atoms with E-state index in [0.29, 0.717) is 22.6 Å². The van der Waals surface area contributed by atoms with Gasteiger partial charge in [0.05, 0.1) is 11.8 Å². The number of rotatable bonds is 2. The lowest BCUT2D eigenvalue weighted by molar-refractivity contribution is 0.0963. The van der Waals surface area contributed by atoms with Gasteiger partial charge in [0.1, 0.15) is 11.5 Å². The summed E-state index contributed by atoms with van der Waals surface area (Å²) in [5.74, 6) is 1.22. The molecule has 3 aromatic rings. The third-order valence-corrected chi connectivity index (χ3v) is 3.86. The Bertz CT molecular complexity index is 861. The molecule has 3 nitrogen and oxygen atoms in total. The van der Waals surface area contributed by atoms with Crippen LogP contribution in [0.1, 0.15) is 27.8 Å². The molecular weight excluding hydrogens is 288 g/mol. The average Bonchev–Trinajstić information content (AvgIpc) is 3.11. The van der Waals surface area contributed by atoms with E-state index in [-0.39, 0.29) is 5.78 Å². The van der Waals surface area contributed by atoms with E-state index in [1.54, 1.807) is 24.5 Å². The number of hydrogen-bond acceptors (Lipinski definition) is 3. The highest BCUT2D eigenvalue weighted by molar-refractivity contribution is 6.14. The molecule has 2 heterocycles. The van der Waals surface area contributed by atoms with Crippen molar-refractivity contribution in [3.63, 3.8) is 0 Å². The largest absolute Gasteiger partial charge is 0.480 e. The van der Waals surface area contributed by atoms with Gasteiger partial charge in [0.2, 0.25) is 0 Å². The minimum absolute atomic E-state index is 0.0305. The van der Waals surface area contributed by atoms with Crippen molar-refractivity contribution in [3.05, 3.63) is 95.5 Å². The van der Waals surface area contributed by atoms with E-state index in [1.165, 1.54) is 0 Å². The van der Waals surface area contributed by atoms with Crippen LogP contribution in [0.4, 0.5) is 0 Å². The Balaban J connectivity index is 1.87. The van der Waals surface area contributed by atoms with Gasteiger partial charge in [-0.2, -0.15) is 0 Å². The predicted octanol–water partition coefficient (Wildman–Crippen LogP) is 4.68. The SMILES string of the molecule is O=C1/C(=C\c2ccco2)[C@H](c2ccccc2)Oc2ccccc21. The van der Waals surface area contributed by atoms with Crippen molar-refractivity contribution in [2.75, 3.05) is 0 Å². The molecule has 0 radical (unpaired) electrons. The van der Waals surface area contributed by atoms with Gasteiger partial charge in [-0.3, -0.25) is 4.79 Å². The third kappa shape index (κ3) is 2.46. The molecule has 1 aromatic heterocycles. The molecule has 0 saturated carbocycles. The fraction of sp³-hybridized carbons (Fsp3) is 0.0500. The molecule has 112 valence electrons. The van der Waals surface area contributed by atoms with Crippen molar-refractivity contribution < 1.29 is 13.9 Å². The summed E-state index contributed by atoms with van der Waals surface area (Å²) in [6.07, 6.45) is 2.91. The van der Waals surface area contributed by atoms with Gasteiger partial charge >= 0.3 is 0 Å². The second-order valence-electron chi connectivity index (χ2n) is 5.35. The average molecular weight is 302 g/mol. The van der Waals surface area contributed by atoms with Crippen LogP contribution >= 0.6 is 0 Å². The van der Waals surface area contributed by atoms with Crippen LogP contribution in [0.3, 0.4) is 0 Å². The first-order chi connectivity index (χ1) is 11.3. The summed E-state index contributed by atoms with van der Waals surface area (Å²) in [6.45, 7) is 0. The molecular formula is C20H14O3. The van der Waals surface area contributed by atoms with Gasteiger partial charge < -0.3 is 9.15 Å². The normalized spacial score (nSPS) is 18.5. The van der Waals surface area contributed by atoms with Crippen LogP contribution in [0, 0.1) is 0 Å². The lowest BCUT2D eigenvalue weighted by Crippen LogP contribution is -2.23. The van der Waals surface area contributed by atoms with Crippen molar-refractivity contribution in [2.45, 2.75) is 6.10 Å². The number of para-hydroxylation sites is 1. The van der Waals surface area contributed by atoms with Gasteiger partial charge in [-0.1, -0.05) is 42.5 Å². The maximum absolute atomic E-state index is 12.9. The number of ether oxygens (including phenoxy) is 1. The van der Waals surface area contributed by atoms with E-state index < -0.39 is 6.10 Å². The topological polar surface area (TPSA) is 39.4 Å². The van der Waals surface area contributed by atoms with Crippen LogP contribution < -0.4 is 4.74 Å². The van der Waals surface area contributed by atoms with Crippen LogP contribution in [-0.2, 0) is 0 Å². The summed E-state index contributed by atoms with van der Waals surface area (Å²) in [4.78, 5) is 12.9. The summed E-state index contributed by atoms with van der Waals surface area (Å²) in [7, 11) is 0. The lowest BCUT2D eigenvalue weighted by atomic mass is 9.90. The lowest BCUT2D eigenvalue weighted by Gasteiger charge is -2.28. The number of hydrogen-bond donors (Lipinski definition) is 0.